The molecule has 138 valence electrons. The van der Waals surface area contributed by atoms with Gasteiger partial charge in [-0.2, -0.15) is 5.10 Å². The predicted octanol–water partition coefficient (Wildman–Crippen LogP) is 1.64. The van der Waals surface area contributed by atoms with Gasteiger partial charge in [-0.1, -0.05) is 18.2 Å². The summed E-state index contributed by atoms with van der Waals surface area (Å²) in [5.41, 5.74) is 0.903. The second-order valence-corrected chi connectivity index (χ2v) is 7.61. The average molecular weight is 355 g/mol. The zero-order valence-electron chi connectivity index (χ0n) is 15.3. The minimum Gasteiger partial charge on any atom is -0.336 e. The van der Waals surface area contributed by atoms with Crippen LogP contribution in [0.4, 0.5) is 4.79 Å². The largest absolute Gasteiger partial charge is 0.336 e. The van der Waals surface area contributed by atoms with Crippen molar-refractivity contribution in [2.45, 2.75) is 25.4 Å². The van der Waals surface area contributed by atoms with E-state index in [2.05, 4.69) is 5.10 Å². The molecule has 2 aromatic rings. The molecular formula is C19H25N5O2. The van der Waals surface area contributed by atoms with Crippen molar-refractivity contribution in [1.82, 2.24) is 24.5 Å². The number of rotatable bonds is 2. The van der Waals surface area contributed by atoms with Gasteiger partial charge in [0.05, 0.1) is 5.52 Å². The van der Waals surface area contributed by atoms with Crippen LogP contribution in [-0.4, -0.2) is 76.2 Å². The second-order valence-electron chi connectivity index (χ2n) is 7.61. The van der Waals surface area contributed by atoms with Crippen molar-refractivity contribution < 1.29 is 9.59 Å². The van der Waals surface area contributed by atoms with Crippen LogP contribution in [0.1, 0.15) is 12.8 Å². The molecule has 0 saturated carbocycles. The normalized spacial score (nSPS) is 22.5. The number of nitrogens with zero attached hydrogens (tertiary/aromatic N) is 5. The van der Waals surface area contributed by atoms with E-state index in [-0.39, 0.29) is 24.5 Å². The van der Waals surface area contributed by atoms with Crippen molar-refractivity contribution >= 4 is 22.8 Å². The summed E-state index contributed by atoms with van der Waals surface area (Å²) in [6, 6.07) is 8.02. The molecule has 0 aliphatic carbocycles. The zero-order chi connectivity index (χ0) is 18.3. The number of hydrogen-bond acceptors (Lipinski definition) is 3. The number of fused-ring (bicyclic) bond motifs is 5. The summed E-state index contributed by atoms with van der Waals surface area (Å²) in [7, 11) is 3.56. The molecule has 0 N–H and O–H groups in total. The second kappa shape index (κ2) is 6.63. The lowest BCUT2D eigenvalue weighted by atomic mass is 9.95. The predicted molar refractivity (Wildman–Crippen MR) is 98.6 cm³/mol. The molecule has 1 aromatic carbocycles. The Bertz CT molecular complexity index is 797. The van der Waals surface area contributed by atoms with E-state index in [0.29, 0.717) is 12.5 Å². The van der Waals surface area contributed by atoms with Gasteiger partial charge >= 0.3 is 6.03 Å². The van der Waals surface area contributed by atoms with Gasteiger partial charge in [-0.05, 0) is 24.8 Å². The van der Waals surface area contributed by atoms with Crippen LogP contribution in [0.2, 0.25) is 0 Å². The van der Waals surface area contributed by atoms with Crippen molar-refractivity contribution in [3.63, 3.8) is 0 Å². The Morgan fingerprint density at radius 1 is 1.15 bits per heavy atom. The van der Waals surface area contributed by atoms with E-state index >= 15 is 0 Å². The van der Waals surface area contributed by atoms with Gasteiger partial charge in [-0.15, -0.1) is 0 Å². The van der Waals surface area contributed by atoms with E-state index in [1.54, 1.807) is 23.7 Å². The molecule has 0 unspecified atom stereocenters. The third-order valence-electron chi connectivity index (χ3n) is 5.45. The number of hydrogen-bond donors (Lipinski definition) is 0. The van der Waals surface area contributed by atoms with Crippen molar-refractivity contribution in [2.24, 2.45) is 5.92 Å². The van der Waals surface area contributed by atoms with Gasteiger partial charge in [-0.3, -0.25) is 9.48 Å². The Hall–Kier alpha value is -2.57. The molecule has 3 fully saturated rings. The van der Waals surface area contributed by atoms with E-state index < -0.39 is 0 Å². The van der Waals surface area contributed by atoms with Crippen LogP contribution in [0.3, 0.4) is 0 Å². The summed E-state index contributed by atoms with van der Waals surface area (Å²) < 4.78 is 1.73. The van der Waals surface area contributed by atoms with E-state index in [4.69, 9.17) is 0 Å². The molecule has 0 radical (unpaired) electrons. The van der Waals surface area contributed by atoms with Gasteiger partial charge in [0, 0.05) is 51.4 Å². The number of amides is 3. The van der Waals surface area contributed by atoms with Crippen LogP contribution in [0.5, 0.6) is 0 Å². The van der Waals surface area contributed by atoms with Crippen LogP contribution < -0.4 is 0 Å². The topological polar surface area (TPSA) is 61.7 Å². The smallest absolute Gasteiger partial charge is 0.319 e. The van der Waals surface area contributed by atoms with Gasteiger partial charge in [0.15, 0.2) is 0 Å². The maximum atomic E-state index is 12.9. The summed E-state index contributed by atoms with van der Waals surface area (Å²) in [4.78, 5) is 30.8. The molecule has 0 spiro atoms. The molecule has 26 heavy (non-hydrogen) atoms. The highest BCUT2D eigenvalue weighted by atomic mass is 16.2. The minimum absolute atomic E-state index is 0.0366. The van der Waals surface area contributed by atoms with Gasteiger partial charge in [0.1, 0.15) is 6.54 Å². The first kappa shape index (κ1) is 16.9. The average Bonchev–Trinajstić information content (AvgIpc) is 2.80. The number of benzene rings is 1. The van der Waals surface area contributed by atoms with Crippen LogP contribution >= 0.6 is 0 Å². The monoisotopic (exact) mass is 355 g/mol. The van der Waals surface area contributed by atoms with Gasteiger partial charge in [0.2, 0.25) is 5.91 Å². The molecule has 7 heteroatoms. The molecule has 4 heterocycles. The maximum absolute atomic E-state index is 12.9. The SMILES string of the molecule is CN(C)C(=O)N1C[C@H]2CC[C@@H](C1)N(C(=O)Cn1cc3ccccc3n1)C2. The fourth-order valence-electron chi connectivity index (χ4n) is 4.15. The Kier molecular flexibility index (Phi) is 4.30. The fourth-order valence-corrected chi connectivity index (χ4v) is 4.15. The van der Waals surface area contributed by atoms with Gasteiger partial charge in [0.25, 0.3) is 0 Å². The summed E-state index contributed by atoms with van der Waals surface area (Å²) in [6.07, 6.45) is 3.97. The number of carbonyl (C=O) groups excluding carboxylic acids is 2. The molecule has 3 amide bonds. The van der Waals surface area contributed by atoms with Crippen molar-refractivity contribution in [3.05, 3.63) is 30.5 Å². The van der Waals surface area contributed by atoms with Crippen molar-refractivity contribution in [1.29, 1.82) is 0 Å². The lowest BCUT2D eigenvalue weighted by Gasteiger charge is -2.36. The molecule has 1 aromatic heterocycles. The Balaban J connectivity index is 1.49. The summed E-state index contributed by atoms with van der Waals surface area (Å²) >= 11 is 0. The Morgan fingerprint density at radius 3 is 2.73 bits per heavy atom. The standard InChI is InChI=1S/C19H25N5O2/c1-21(2)19(26)22-9-14-7-8-16(12-22)24(10-14)18(25)13-23-11-15-5-3-4-6-17(15)20-23/h3-6,11,14,16H,7-10,12-13H2,1-2H3/t14-,16+/m1/s1. The summed E-state index contributed by atoms with van der Waals surface area (Å²) in [5, 5.41) is 5.54. The number of urea groups is 1. The highest BCUT2D eigenvalue weighted by Gasteiger charge is 2.38. The van der Waals surface area contributed by atoms with Gasteiger partial charge < -0.3 is 14.7 Å². The maximum Gasteiger partial charge on any atom is 0.319 e. The van der Waals surface area contributed by atoms with Crippen LogP contribution in [0, 0.1) is 5.92 Å². The van der Waals surface area contributed by atoms with Crippen LogP contribution in [-0.2, 0) is 11.3 Å². The molecule has 2 bridgehead atoms. The molecule has 5 rings (SSSR count). The summed E-state index contributed by atoms with van der Waals surface area (Å²) in [5.74, 6) is 0.449. The van der Waals surface area contributed by atoms with Crippen molar-refractivity contribution in [2.75, 3.05) is 33.7 Å². The third kappa shape index (κ3) is 3.13. The molecular weight excluding hydrogens is 330 g/mol. The quantitative estimate of drug-likeness (QED) is 0.823. The summed E-state index contributed by atoms with van der Waals surface area (Å²) in [6.45, 7) is 2.35. The molecule has 7 nitrogen and oxygen atoms in total. The van der Waals surface area contributed by atoms with E-state index in [1.807, 2.05) is 40.3 Å². The number of piperidine rings is 1. The first-order valence-electron chi connectivity index (χ1n) is 9.19. The van der Waals surface area contributed by atoms with E-state index in [0.717, 1.165) is 36.8 Å². The third-order valence-corrected chi connectivity index (χ3v) is 5.45. The molecule has 3 saturated heterocycles. The lowest BCUT2D eigenvalue weighted by molar-refractivity contribution is -0.136. The van der Waals surface area contributed by atoms with Crippen LogP contribution in [0.25, 0.3) is 10.9 Å². The minimum atomic E-state index is 0.0366. The highest BCUT2D eigenvalue weighted by Crippen LogP contribution is 2.28. The highest BCUT2D eigenvalue weighted by molar-refractivity contribution is 5.80. The number of aromatic nitrogens is 2. The van der Waals surface area contributed by atoms with Crippen LogP contribution in [0.15, 0.2) is 30.5 Å². The zero-order valence-corrected chi connectivity index (χ0v) is 15.3. The Morgan fingerprint density at radius 2 is 1.96 bits per heavy atom. The lowest BCUT2D eigenvalue weighted by Crippen LogP contribution is -2.49. The first-order chi connectivity index (χ1) is 12.5. The van der Waals surface area contributed by atoms with E-state index in [9.17, 15) is 9.59 Å². The van der Waals surface area contributed by atoms with Gasteiger partial charge in [-0.25, -0.2) is 4.79 Å². The van der Waals surface area contributed by atoms with E-state index in [1.165, 1.54) is 0 Å². The first-order valence-corrected chi connectivity index (χ1v) is 9.19. The Labute approximate surface area is 153 Å². The molecule has 2 atom stereocenters. The van der Waals surface area contributed by atoms with Crippen molar-refractivity contribution in [3.8, 4) is 0 Å². The number of carbonyl (C=O) groups is 2. The molecule has 3 aliphatic heterocycles. The fraction of sp³-hybridized carbons (Fsp3) is 0.526. The molecule has 3 aliphatic rings.